The minimum absolute atomic E-state index is 0.0572. The van der Waals surface area contributed by atoms with Crippen LogP contribution < -0.4 is 10.6 Å². The molecule has 1 fully saturated rings. The number of hydrogen-bond donors (Lipinski definition) is 2. The summed E-state index contributed by atoms with van der Waals surface area (Å²) in [6.07, 6.45) is 0.653. The Kier molecular flexibility index (Phi) is 5.20. The lowest BCUT2D eigenvalue weighted by Crippen LogP contribution is -2.39. The maximum absolute atomic E-state index is 13.8. The SMILES string of the molecule is CN=C(NCc1cc(Cl)c(Cl)n1C)NC1CC1c1c(F)cccc1F. The zero-order valence-electron chi connectivity index (χ0n) is 13.8. The Morgan fingerprint density at radius 2 is 2.00 bits per heavy atom. The number of nitrogens with zero attached hydrogens (tertiary/aromatic N) is 2. The first-order chi connectivity index (χ1) is 11.9. The summed E-state index contributed by atoms with van der Waals surface area (Å²) in [7, 11) is 3.46. The highest BCUT2D eigenvalue weighted by molar-refractivity contribution is 6.41. The van der Waals surface area contributed by atoms with Gasteiger partial charge in [-0.15, -0.1) is 0 Å². The van der Waals surface area contributed by atoms with Crippen molar-refractivity contribution in [2.24, 2.45) is 12.0 Å². The molecule has 1 aliphatic carbocycles. The summed E-state index contributed by atoms with van der Waals surface area (Å²) < 4.78 is 29.5. The van der Waals surface area contributed by atoms with E-state index in [4.69, 9.17) is 23.2 Å². The maximum atomic E-state index is 13.8. The molecule has 1 aromatic carbocycles. The van der Waals surface area contributed by atoms with Gasteiger partial charge in [0.2, 0.25) is 0 Å². The molecule has 1 saturated carbocycles. The Bertz CT molecular complexity index is 799. The molecule has 8 heteroatoms. The van der Waals surface area contributed by atoms with Gasteiger partial charge in [-0.3, -0.25) is 4.99 Å². The lowest BCUT2D eigenvalue weighted by molar-refractivity contribution is 0.553. The molecule has 2 aromatic rings. The predicted octanol–water partition coefficient (Wildman–Crippen LogP) is 3.83. The molecule has 1 aliphatic rings. The van der Waals surface area contributed by atoms with Crippen LogP contribution in [0.2, 0.25) is 10.2 Å². The molecule has 134 valence electrons. The highest BCUT2D eigenvalue weighted by Crippen LogP contribution is 2.43. The second-order valence-electron chi connectivity index (χ2n) is 5.99. The molecule has 0 spiro atoms. The second-order valence-corrected chi connectivity index (χ2v) is 6.75. The van der Waals surface area contributed by atoms with E-state index in [2.05, 4.69) is 15.6 Å². The van der Waals surface area contributed by atoms with Gasteiger partial charge in [0.25, 0.3) is 0 Å². The molecule has 0 aliphatic heterocycles. The standard InChI is InChI=1S/C17H18Cl2F2N4/c1-22-17(23-8-9-6-11(18)16(19)25(9)2)24-14-7-10(14)15-12(20)4-3-5-13(15)21/h3-6,10,14H,7-8H2,1-2H3,(H2,22,23,24). The Hall–Kier alpha value is -1.79. The first-order valence-electron chi connectivity index (χ1n) is 7.83. The van der Waals surface area contributed by atoms with Gasteiger partial charge in [0, 0.05) is 37.3 Å². The van der Waals surface area contributed by atoms with E-state index in [9.17, 15) is 8.78 Å². The third kappa shape index (κ3) is 3.75. The van der Waals surface area contributed by atoms with E-state index in [-0.39, 0.29) is 17.5 Å². The van der Waals surface area contributed by atoms with Crippen LogP contribution >= 0.6 is 23.2 Å². The van der Waals surface area contributed by atoms with E-state index in [1.807, 2.05) is 7.05 Å². The summed E-state index contributed by atoms with van der Waals surface area (Å²) in [6.45, 7) is 0.466. The van der Waals surface area contributed by atoms with Gasteiger partial charge in [-0.05, 0) is 24.6 Å². The zero-order chi connectivity index (χ0) is 18.1. The van der Waals surface area contributed by atoms with Crippen molar-refractivity contribution in [3.8, 4) is 0 Å². The third-order valence-corrected chi connectivity index (χ3v) is 5.20. The van der Waals surface area contributed by atoms with E-state index in [0.717, 1.165) is 5.69 Å². The minimum atomic E-state index is -0.509. The van der Waals surface area contributed by atoms with Crippen LogP contribution in [-0.4, -0.2) is 23.6 Å². The fourth-order valence-electron chi connectivity index (χ4n) is 2.84. The zero-order valence-corrected chi connectivity index (χ0v) is 15.3. The van der Waals surface area contributed by atoms with Crippen LogP contribution in [0.1, 0.15) is 23.6 Å². The van der Waals surface area contributed by atoms with Gasteiger partial charge in [-0.25, -0.2) is 8.78 Å². The third-order valence-electron chi connectivity index (χ3n) is 4.36. The molecule has 4 nitrogen and oxygen atoms in total. The van der Waals surface area contributed by atoms with E-state index >= 15 is 0 Å². The van der Waals surface area contributed by atoms with Crippen LogP contribution in [0.5, 0.6) is 0 Å². The Labute approximate surface area is 154 Å². The Balaban J connectivity index is 1.60. The van der Waals surface area contributed by atoms with Crippen molar-refractivity contribution in [3.63, 3.8) is 0 Å². The van der Waals surface area contributed by atoms with Gasteiger partial charge in [-0.1, -0.05) is 29.3 Å². The van der Waals surface area contributed by atoms with E-state index in [1.165, 1.54) is 18.2 Å². The summed E-state index contributed by atoms with van der Waals surface area (Å²) in [5.74, 6) is -0.660. The smallest absolute Gasteiger partial charge is 0.191 e. The van der Waals surface area contributed by atoms with Gasteiger partial charge in [-0.2, -0.15) is 0 Å². The molecule has 0 saturated heterocycles. The van der Waals surface area contributed by atoms with Gasteiger partial charge in [0.05, 0.1) is 11.6 Å². The lowest BCUT2D eigenvalue weighted by atomic mass is 10.1. The molecule has 2 atom stereocenters. The van der Waals surface area contributed by atoms with Crippen molar-refractivity contribution in [2.75, 3.05) is 7.05 Å². The molecule has 2 N–H and O–H groups in total. The Morgan fingerprint density at radius 1 is 1.32 bits per heavy atom. The summed E-state index contributed by atoms with van der Waals surface area (Å²) in [6, 6.07) is 5.65. The lowest BCUT2D eigenvalue weighted by Gasteiger charge is -2.13. The molecule has 3 rings (SSSR count). The first-order valence-corrected chi connectivity index (χ1v) is 8.58. The van der Waals surface area contributed by atoms with Crippen molar-refractivity contribution in [1.29, 1.82) is 0 Å². The van der Waals surface area contributed by atoms with E-state index < -0.39 is 11.6 Å². The summed E-state index contributed by atoms with van der Waals surface area (Å²) in [5, 5.41) is 7.30. The minimum Gasteiger partial charge on any atom is -0.353 e. The number of aromatic nitrogens is 1. The molecular weight excluding hydrogens is 369 g/mol. The van der Waals surface area contributed by atoms with Crippen LogP contribution in [0.15, 0.2) is 29.3 Å². The van der Waals surface area contributed by atoms with Crippen molar-refractivity contribution >= 4 is 29.2 Å². The van der Waals surface area contributed by atoms with Crippen LogP contribution in [0.25, 0.3) is 0 Å². The number of guanidine groups is 1. The highest BCUT2D eigenvalue weighted by atomic mass is 35.5. The number of nitrogens with one attached hydrogen (secondary N) is 2. The molecule has 0 amide bonds. The van der Waals surface area contributed by atoms with Crippen molar-refractivity contribution < 1.29 is 8.78 Å². The average Bonchev–Trinajstić information content (AvgIpc) is 3.28. The molecule has 1 aromatic heterocycles. The predicted molar refractivity (Wildman–Crippen MR) is 96.3 cm³/mol. The average molecular weight is 387 g/mol. The number of benzene rings is 1. The van der Waals surface area contributed by atoms with E-state index in [1.54, 1.807) is 17.7 Å². The molecular formula is C17H18Cl2F2N4. The molecule has 1 heterocycles. The first kappa shape index (κ1) is 18.0. The topological polar surface area (TPSA) is 41.4 Å². The van der Waals surface area contributed by atoms with Gasteiger partial charge in [0.1, 0.15) is 16.8 Å². The highest BCUT2D eigenvalue weighted by Gasteiger charge is 2.42. The number of hydrogen-bond acceptors (Lipinski definition) is 1. The van der Waals surface area contributed by atoms with Crippen LogP contribution in [-0.2, 0) is 13.6 Å². The normalized spacial score (nSPS) is 19.8. The van der Waals surface area contributed by atoms with Crippen molar-refractivity contribution in [2.45, 2.75) is 24.9 Å². The summed E-state index contributed by atoms with van der Waals surface area (Å²) in [4.78, 5) is 4.15. The number of aliphatic imine (C=N–C) groups is 1. The van der Waals surface area contributed by atoms with Crippen molar-refractivity contribution in [3.05, 3.63) is 57.3 Å². The fraction of sp³-hybridized carbons (Fsp3) is 0.353. The molecule has 0 bridgehead atoms. The van der Waals surface area contributed by atoms with Crippen LogP contribution in [0.3, 0.4) is 0 Å². The maximum Gasteiger partial charge on any atom is 0.191 e. The van der Waals surface area contributed by atoms with Gasteiger partial charge >= 0.3 is 0 Å². The summed E-state index contributed by atoms with van der Waals surface area (Å²) >= 11 is 12.0. The number of rotatable bonds is 4. The van der Waals surface area contributed by atoms with Crippen LogP contribution in [0, 0.1) is 11.6 Å². The number of halogens is 4. The van der Waals surface area contributed by atoms with Gasteiger partial charge in [0.15, 0.2) is 5.96 Å². The largest absolute Gasteiger partial charge is 0.353 e. The molecule has 25 heavy (non-hydrogen) atoms. The quantitative estimate of drug-likeness (QED) is 0.619. The van der Waals surface area contributed by atoms with Crippen molar-refractivity contribution in [1.82, 2.24) is 15.2 Å². The summed E-state index contributed by atoms with van der Waals surface area (Å²) in [5.41, 5.74) is 1.03. The second kappa shape index (κ2) is 7.22. The van der Waals surface area contributed by atoms with E-state index in [0.29, 0.717) is 29.1 Å². The monoisotopic (exact) mass is 386 g/mol. The van der Waals surface area contributed by atoms with Crippen LogP contribution in [0.4, 0.5) is 8.78 Å². The van der Waals surface area contributed by atoms with Gasteiger partial charge < -0.3 is 15.2 Å². The Morgan fingerprint density at radius 3 is 2.56 bits per heavy atom. The molecule has 0 radical (unpaired) electrons. The molecule has 2 unspecified atom stereocenters. The fourth-order valence-corrected chi connectivity index (χ4v) is 3.26.